The van der Waals surface area contributed by atoms with Crippen LogP contribution in [0.5, 0.6) is 23.0 Å². The molecule has 0 amide bonds. The van der Waals surface area contributed by atoms with Crippen molar-refractivity contribution in [1.82, 2.24) is 0 Å². The first-order valence-electron chi connectivity index (χ1n) is 35.2. The molecular formula is C78H106O14. The second-order valence-corrected chi connectivity index (χ2v) is 36.0. The maximum absolute atomic E-state index is 16.6. The van der Waals surface area contributed by atoms with E-state index in [9.17, 15) is 50.4 Å². The van der Waals surface area contributed by atoms with Crippen molar-refractivity contribution in [2.45, 2.75) is 230 Å². The van der Waals surface area contributed by atoms with Crippen LogP contribution in [-0.2, 0) is 28.7 Å². The summed E-state index contributed by atoms with van der Waals surface area (Å²) in [7, 11) is 0. The predicted molar refractivity (Wildman–Crippen MR) is 349 cm³/mol. The first kappa shape index (κ1) is 65.3. The highest BCUT2D eigenvalue weighted by Gasteiger charge is 2.74. The highest BCUT2D eigenvalue weighted by molar-refractivity contribution is 6.02. The molecular weight excluding hydrogens is 1160 g/mol. The Bertz CT molecular complexity index is 3510. The zero-order valence-corrected chi connectivity index (χ0v) is 57.0. The van der Waals surface area contributed by atoms with Gasteiger partial charge < -0.3 is 50.3 Å². The van der Waals surface area contributed by atoms with Crippen LogP contribution in [-0.4, -0.2) is 90.2 Å². The first-order chi connectivity index (χ1) is 42.9. The molecule has 8 fully saturated rings. The smallest absolute Gasteiger partial charge is 0.334 e. The maximum Gasteiger partial charge on any atom is 0.334 e. The van der Waals surface area contributed by atoms with Gasteiger partial charge in [0.05, 0.1) is 28.6 Å². The Morgan fingerprint density at radius 2 is 0.967 bits per heavy atom. The van der Waals surface area contributed by atoms with Gasteiger partial charge in [0.15, 0.2) is 23.0 Å². The fraction of sp³-hybridized carbons (Fsp3) is 0.718. The molecule has 8 saturated carbocycles. The van der Waals surface area contributed by atoms with E-state index in [1.165, 1.54) is 24.3 Å². The van der Waals surface area contributed by atoms with Crippen LogP contribution >= 0.6 is 0 Å². The minimum absolute atomic E-state index is 0.0719. The van der Waals surface area contributed by atoms with E-state index in [-0.39, 0.29) is 97.9 Å². The summed E-state index contributed by atoms with van der Waals surface area (Å²) in [6, 6.07) is 7.01. The number of carboxylic acids is 2. The van der Waals surface area contributed by atoms with Crippen molar-refractivity contribution in [3.8, 4) is 23.0 Å². The van der Waals surface area contributed by atoms with Crippen LogP contribution in [0.3, 0.4) is 0 Å². The molecule has 502 valence electrons. The molecule has 0 bridgehead atoms. The van der Waals surface area contributed by atoms with Crippen LogP contribution in [0.2, 0.25) is 0 Å². The highest BCUT2D eigenvalue weighted by atomic mass is 16.5. The molecule has 11 aliphatic rings. The van der Waals surface area contributed by atoms with Gasteiger partial charge in [-0.05, 0) is 243 Å². The summed E-state index contributed by atoms with van der Waals surface area (Å²) in [5.74, 6) is -8.16. The van der Waals surface area contributed by atoms with E-state index in [1.807, 2.05) is 0 Å². The fourth-order valence-corrected chi connectivity index (χ4v) is 25.2. The van der Waals surface area contributed by atoms with Gasteiger partial charge in [0, 0.05) is 22.3 Å². The van der Waals surface area contributed by atoms with E-state index in [0.29, 0.717) is 69.8 Å². The topological polar surface area (TPSA) is 249 Å². The summed E-state index contributed by atoms with van der Waals surface area (Å²) >= 11 is 0. The monoisotopic (exact) mass is 1270 g/mol. The largest absolute Gasteiger partial charge is 0.504 e. The molecule has 0 unspecified atom stereocenters. The number of aliphatic carboxylic acids is 2. The van der Waals surface area contributed by atoms with Crippen LogP contribution in [0.15, 0.2) is 59.2 Å². The number of carboxylic acid groups (broad SMARTS) is 2. The van der Waals surface area contributed by atoms with E-state index in [1.54, 1.807) is 12.1 Å². The number of ether oxygens (including phenoxy) is 2. The standard InChI is InChI=1S/C78H106O14/c1-67(2)29-31-75(65(87)88)33-35-77(46(48(75)39-67)15-19-55-71(9)25-23-57(82)69(5,6)53(71)21-27-73(55,77)11)41-91-63(85)45-37-43-14-18-51(80)62(84)60(43)59(44-13-17-50(79)52(81)38-44)61(45)64(86)92-42-78-36-34-76(66(89)90)32-30-68(3,4)40-49(76)47(78)16-20-56-72(10)26-24-58(83)70(7,8)54(72)22-28-74(56,78)12/h13-18,37-38,48-49,53-59,61,79-84H,19-36,39-42H2,1-12H3,(H,87,88)(H,89,90)/t48-,49-,53-,54-,55+,56+,57-,58-,59-,61-,71-,72-,73+,74+,75-,76-,77-,78-/m0/s1. The third-order valence-electron chi connectivity index (χ3n) is 30.7. The van der Waals surface area contributed by atoms with Gasteiger partial charge in [0.1, 0.15) is 19.1 Å². The van der Waals surface area contributed by atoms with Gasteiger partial charge in [-0.15, -0.1) is 0 Å². The summed E-state index contributed by atoms with van der Waals surface area (Å²) in [6.07, 6.45) is 18.4. The van der Waals surface area contributed by atoms with E-state index in [4.69, 9.17) is 9.47 Å². The Balaban J connectivity index is 0.933. The second kappa shape index (κ2) is 21.1. The number of allylic oxidation sites excluding steroid dienone is 2. The van der Waals surface area contributed by atoms with Gasteiger partial charge >= 0.3 is 23.9 Å². The Labute approximate surface area is 545 Å². The van der Waals surface area contributed by atoms with E-state index >= 15 is 9.59 Å². The zero-order valence-electron chi connectivity index (χ0n) is 57.0. The van der Waals surface area contributed by atoms with Gasteiger partial charge in [-0.2, -0.15) is 0 Å². The second-order valence-electron chi connectivity index (χ2n) is 36.0. The number of carbonyl (C=O) groups is 4. The lowest BCUT2D eigenvalue weighted by Gasteiger charge is -2.71. The summed E-state index contributed by atoms with van der Waals surface area (Å²) in [5, 5.41) is 91.9. The highest BCUT2D eigenvalue weighted by Crippen LogP contribution is 2.79. The molecule has 0 aliphatic heterocycles. The van der Waals surface area contributed by atoms with Gasteiger partial charge in [-0.1, -0.05) is 119 Å². The SMILES string of the molecule is CC1(C)CC[C@]2(C(=O)O)CC[C@]3(COC(=O)C4=Cc5ccc(O)c(O)c5[C@H](c5ccc(O)c(O)c5)[C@H]4C(=O)OC[C@@]45CC[C@@]6(C(=O)O)CCC(C)(C)C[C@H]6C4=CC[C@@H]4[C@@]6(C)CC[C@H](O)C(C)(C)[C@@H]6CC[C@]45C)C(=CC[C@@H]4[C@@]5(C)CC[C@H](O)C(C)(C)[C@@H]5CC[C@]43C)[C@@H]2C1. The Morgan fingerprint density at radius 1 is 0.511 bits per heavy atom. The molecule has 2 aromatic carbocycles. The van der Waals surface area contributed by atoms with Gasteiger partial charge in [-0.3, -0.25) is 14.4 Å². The number of aromatic hydroxyl groups is 4. The van der Waals surface area contributed by atoms with Crippen LogP contribution < -0.4 is 0 Å². The number of aliphatic hydroxyl groups excluding tert-OH is 2. The summed E-state index contributed by atoms with van der Waals surface area (Å²) < 4.78 is 14.2. The lowest BCUT2D eigenvalue weighted by Crippen LogP contribution is -2.66. The number of phenolic OH excluding ortho intramolecular Hbond substituents is 4. The number of esters is 2. The predicted octanol–water partition coefficient (Wildman–Crippen LogP) is 15.2. The van der Waals surface area contributed by atoms with E-state index in [2.05, 4.69) is 95.2 Å². The molecule has 11 aliphatic carbocycles. The van der Waals surface area contributed by atoms with Crippen molar-refractivity contribution in [2.24, 2.45) is 106 Å². The molecule has 0 aromatic heterocycles. The Kier molecular flexibility index (Phi) is 15.0. The molecule has 92 heavy (non-hydrogen) atoms. The Hall–Kier alpha value is -5.34. The summed E-state index contributed by atoms with van der Waals surface area (Å²) in [4.78, 5) is 60.9. The van der Waals surface area contributed by atoms with Gasteiger partial charge in [0.2, 0.25) is 0 Å². The minimum atomic E-state index is -1.58. The fourth-order valence-electron chi connectivity index (χ4n) is 25.2. The van der Waals surface area contributed by atoms with Crippen molar-refractivity contribution in [3.63, 3.8) is 0 Å². The van der Waals surface area contributed by atoms with Crippen molar-refractivity contribution in [1.29, 1.82) is 0 Å². The number of carbonyl (C=O) groups excluding carboxylic acids is 2. The van der Waals surface area contributed by atoms with Crippen molar-refractivity contribution >= 4 is 30.0 Å². The van der Waals surface area contributed by atoms with Crippen LogP contribution in [0.1, 0.15) is 234 Å². The molecule has 14 heteroatoms. The molecule has 2 aromatic rings. The van der Waals surface area contributed by atoms with Crippen molar-refractivity contribution in [2.75, 3.05) is 13.2 Å². The van der Waals surface area contributed by atoms with Crippen LogP contribution in [0, 0.1) is 106 Å². The number of benzene rings is 2. The molecule has 8 N–H and O–H groups in total. The summed E-state index contributed by atoms with van der Waals surface area (Å²) in [5.41, 5.74) is -3.56. The Morgan fingerprint density at radius 3 is 1.43 bits per heavy atom. The third-order valence-corrected chi connectivity index (χ3v) is 30.7. The maximum atomic E-state index is 16.6. The lowest BCUT2D eigenvalue weighted by molar-refractivity contribution is -0.218. The number of hydrogen-bond acceptors (Lipinski definition) is 12. The van der Waals surface area contributed by atoms with Gasteiger partial charge in [-0.25, -0.2) is 4.79 Å². The molecule has 0 heterocycles. The van der Waals surface area contributed by atoms with Crippen LogP contribution in [0.25, 0.3) is 6.08 Å². The average Bonchev–Trinajstić information content (AvgIpc) is 0.679. The number of phenols is 4. The van der Waals surface area contributed by atoms with Gasteiger partial charge in [0.25, 0.3) is 0 Å². The molecule has 18 atom stereocenters. The van der Waals surface area contributed by atoms with Crippen molar-refractivity contribution in [3.05, 3.63) is 75.9 Å². The molecule has 0 radical (unpaired) electrons. The van der Waals surface area contributed by atoms with Crippen LogP contribution in [0.4, 0.5) is 0 Å². The third kappa shape index (κ3) is 8.86. The van der Waals surface area contributed by atoms with E-state index < -0.39 is 103 Å². The molecule has 0 saturated heterocycles. The summed E-state index contributed by atoms with van der Waals surface area (Å²) in [6.45, 7) is 27.0. The van der Waals surface area contributed by atoms with Crippen molar-refractivity contribution < 1.29 is 69.5 Å². The number of aliphatic hydroxyl groups is 2. The first-order valence-corrected chi connectivity index (χ1v) is 35.2. The quantitative estimate of drug-likeness (QED) is 0.0661. The van der Waals surface area contributed by atoms with E-state index in [0.717, 1.165) is 75.4 Å². The minimum Gasteiger partial charge on any atom is -0.504 e. The number of rotatable bonds is 9. The molecule has 0 spiro atoms. The lowest BCUT2D eigenvalue weighted by atomic mass is 9.33. The zero-order chi connectivity index (χ0) is 66.5. The normalized spacial score (nSPS) is 43.2. The average molecular weight is 1270 g/mol. The molecule has 13 rings (SSSR count). The number of fused-ring (bicyclic) bond motifs is 15. The number of hydrogen-bond donors (Lipinski definition) is 8. The molecule has 14 nitrogen and oxygen atoms in total.